The molecule has 0 N–H and O–H groups in total. The molecule has 0 saturated heterocycles. The van der Waals surface area contributed by atoms with Gasteiger partial charge in [0, 0.05) is 6.54 Å². The summed E-state index contributed by atoms with van der Waals surface area (Å²) in [6.45, 7) is 1.05. The summed E-state index contributed by atoms with van der Waals surface area (Å²) >= 11 is 0. The molecule has 2 rings (SSSR count). The van der Waals surface area contributed by atoms with Gasteiger partial charge in [-0.3, -0.25) is 0 Å². The van der Waals surface area contributed by atoms with Crippen LogP contribution in [0.2, 0.25) is 0 Å². The van der Waals surface area contributed by atoms with Crippen LogP contribution in [0.5, 0.6) is 5.75 Å². The zero-order valence-corrected chi connectivity index (χ0v) is 14.4. The van der Waals surface area contributed by atoms with E-state index in [2.05, 4.69) is 0 Å². The molecule has 0 unspecified atom stereocenters. The molecule has 0 aliphatic carbocycles. The van der Waals surface area contributed by atoms with E-state index in [0.717, 1.165) is 16.9 Å². The molecule has 0 fully saturated rings. The average molecular weight is 325 g/mol. The van der Waals surface area contributed by atoms with Gasteiger partial charge in [-0.05, 0) is 43.4 Å². The molecular weight excluding hydrogens is 302 g/mol. The first-order chi connectivity index (χ1) is 11.6. The van der Waals surface area contributed by atoms with E-state index < -0.39 is 0 Å². The van der Waals surface area contributed by atoms with E-state index in [4.69, 9.17) is 9.47 Å². The molecule has 0 saturated carbocycles. The first-order valence-corrected chi connectivity index (χ1v) is 7.83. The molecule has 0 aliphatic heterocycles. The Hall–Kier alpha value is -2.59. The Morgan fingerprint density at radius 1 is 1.04 bits per heavy atom. The van der Waals surface area contributed by atoms with E-state index in [9.17, 15) is 4.79 Å². The fourth-order valence-corrected chi connectivity index (χ4v) is 2.14. The Morgan fingerprint density at radius 2 is 1.71 bits per heavy atom. The topological polar surface area (TPSA) is 38.8 Å². The minimum atomic E-state index is -0.320. The summed E-state index contributed by atoms with van der Waals surface area (Å²) in [6.07, 6.45) is 1.84. The molecule has 24 heavy (non-hydrogen) atoms. The highest BCUT2D eigenvalue weighted by molar-refractivity contribution is 6.21. The van der Waals surface area contributed by atoms with Crippen LogP contribution in [0.1, 0.15) is 11.1 Å². The molecule has 2 aromatic carbocycles. The molecule has 0 amide bonds. The van der Waals surface area contributed by atoms with E-state index >= 15 is 0 Å². The van der Waals surface area contributed by atoms with Crippen LogP contribution in [0.4, 0.5) is 0 Å². The van der Waals surface area contributed by atoms with Gasteiger partial charge in [0.2, 0.25) is 0 Å². The maximum atomic E-state index is 12.5. The third-order valence-corrected chi connectivity index (χ3v) is 3.50. The van der Waals surface area contributed by atoms with Gasteiger partial charge >= 0.3 is 5.97 Å². The van der Waals surface area contributed by atoms with E-state index in [0.29, 0.717) is 18.7 Å². The number of carbonyl (C=O) groups is 1. The van der Waals surface area contributed by atoms with Crippen LogP contribution in [-0.2, 0) is 9.53 Å². The van der Waals surface area contributed by atoms with Crippen molar-refractivity contribution in [3.8, 4) is 5.75 Å². The summed E-state index contributed by atoms with van der Waals surface area (Å²) in [5.41, 5.74) is 2.29. The quantitative estimate of drug-likeness (QED) is 0.445. The zero-order valence-electron chi connectivity index (χ0n) is 14.4. The number of methoxy groups -OCH3 is 1. The second-order valence-corrected chi connectivity index (χ2v) is 5.64. The number of likely N-dealkylation sites (N-methyl/N-ethyl adjacent to an activating group) is 1. The largest absolute Gasteiger partial charge is 0.497 e. The van der Waals surface area contributed by atoms with Gasteiger partial charge in [0.15, 0.2) is 0 Å². The lowest BCUT2D eigenvalue weighted by Gasteiger charge is -2.12. The van der Waals surface area contributed by atoms with Crippen LogP contribution in [0.3, 0.4) is 0 Å². The second-order valence-electron chi connectivity index (χ2n) is 5.64. The Kier molecular flexibility index (Phi) is 6.58. The number of rotatable bonds is 7. The van der Waals surface area contributed by atoms with E-state index in [1.54, 1.807) is 7.11 Å². The Balaban J connectivity index is 2.25. The van der Waals surface area contributed by atoms with Crippen LogP contribution < -0.4 is 4.74 Å². The molecule has 2 aromatic rings. The number of ether oxygens (including phenoxy) is 2. The number of benzene rings is 2. The molecule has 0 bridgehead atoms. The SMILES string of the molecule is COc1ccc(/C=C(\C(=O)OCCN(C)C)c2ccccc2)cc1. The summed E-state index contributed by atoms with van der Waals surface area (Å²) in [4.78, 5) is 14.5. The summed E-state index contributed by atoms with van der Waals surface area (Å²) in [6, 6.07) is 17.1. The van der Waals surface area contributed by atoms with Crippen molar-refractivity contribution >= 4 is 17.6 Å². The van der Waals surface area contributed by atoms with Gasteiger partial charge in [0.25, 0.3) is 0 Å². The fraction of sp³-hybridized carbons (Fsp3) is 0.250. The number of hydrogen-bond donors (Lipinski definition) is 0. The summed E-state index contributed by atoms with van der Waals surface area (Å²) < 4.78 is 10.6. The maximum Gasteiger partial charge on any atom is 0.338 e. The smallest absolute Gasteiger partial charge is 0.338 e. The lowest BCUT2D eigenvalue weighted by Crippen LogP contribution is -2.20. The third kappa shape index (κ3) is 5.25. The van der Waals surface area contributed by atoms with E-state index in [-0.39, 0.29) is 5.97 Å². The normalized spacial score (nSPS) is 11.4. The zero-order chi connectivity index (χ0) is 17.4. The van der Waals surface area contributed by atoms with Crippen molar-refractivity contribution < 1.29 is 14.3 Å². The van der Waals surface area contributed by atoms with Crippen LogP contribution in [-0.4, -0.2) is 45.2 Å². The van der Waals surface area contributed by atoms with Crippen molar-refractivity contribution in [1.29, 1.82) is 0 Å². The van der Waals surface area contributed by atoms with Gasteiger partial charge < -0.3 is 14.4 Å². The Labute approximate surface area is 143 Å². The van der Waals surface area contributed by atoms with Crippen molar-refractivity contribution in [2.75, 3.05) is 34.4 Å². The summed E-state index contributed by atoms with van der Waals surface area (Å²) in [7, 11) is 5.51. The van der Waals surface area contributed by atoms with Gasteiger partial charge in [0.05, 0.1) is 12.7 Å². The molecule has 0 spiro atoms. The molecule has 126 valence electrons. The van der Waals surface area contributed by atoms with Crippen molar-refractivity contribution in [1.82, 2.24) is 4.90 Å². The van der Waals surface area contributed by atoms with Gasteiger partial charge in [-0.15, -0.1) is 0 Å². The van der Waals surface area contributed by atoms with Crippen LogP contribution in [0, 0.1) is 0 Å². The minimum Gasteiger partial charge on any atom is -0.497 e. The van der Waals surface area contributed by atoms with Gasteiger partial charge in [0.1, 0.15) is 12.4 Å². The first-order valence-electron chi connectivity index (χ1n) is 7.83. The standard InChI is InChI=1S/C20H23NO3/c1-21(2)13-14-24-20(22)19(17-7-5-4-6-8-17)15-16-9-11-18(23-3)12-10-16/h4-12,15H,13-14H2,1-3H3/b19-15-. The molecule has 0 aliphatic rings. The molecular formula is C20H23NO3. The van der Waals surface area contributed by atoms with Crippen LogP contribution >= 0.6 is 0 Å². The Morgan fingerprint density at radius 3 is 2.29 bits per heavy atom. The third-order valence-electron chi connectivity index (χ3n) is 3.50. The molecule has 0 aromatic heterocycles. The number of hydrogen-bond acceptors (Lipinski definition) is 4. The van der Waals surface area contributed by atoms with E-state index in [1.165, 1.54) is 0 Å². The van der Waals surface area contributed by atoms with Gasteiger partial charge in [-0.25, -0.2) is 4.79 Å². The average Bonchev–Trinajstić information content (AvgIpc) is 2.60. The van der Waals surface area contributed by atoms with Crippen molar-refractivity contribution in [3.05, 3.63) is 65.7 Å². The fourth-order valence-electron chi connectivity index (χ4n) is 2.14. The van der Waals surface area contributed by atoms with Gasteiger partial charge in [-0.1, -0.05) is 42.5 Å². The molecule has 0 heterocycles. The lowest BCUT2D eigenvalue weighted by molar-refractivity contribution is -0.136. The molecule has 4 heteroatoms. The van der Waals surface area contributed by atoms with Crippen LogP contribution in [0.25, 0.3) is 11.6 Å². The number of carbonyl (C=O) groups excluding carboxylic acids is 1. The predicted octanol–water partition coefficient (Wildman–Crippen LogP) is 3.34. The second kappa shape index (κ2) is 8.89. The first kappa shape index (κ1) is 17.8. The molecule has 4 nitrogen and oxygen atoms in total. The summed E-state index contributed by atoms with van der Waals surface area (Å²) in [5, 5.41) is 0. The Bertz CT molecular complexity index is 676. The van der Waals surface area contributed by atoms with Gasteiger partial charge in [-0.2, -0.15) is 0 Å². The van der Waals surface area contributed by atoms with Crippen molar-refractivity contribution in [2.24, 2.45) is 0 Å². The minimum absolute atomic E-state index is 0.320. The molecule has 0 atom stereocenters. The molecule has 0 radical (unpaired) electrons. The summed E-state index contributed by atoms with van der Waals surface area (Å²) in [5.74, 6) is 0.459. The number of nitrogens with zero attached hydrogens (tertiary/aromatic N) is 1. The van der Waals surface area contributed by atoms with Crippen molar-refractivity contribution in [2.45, 2.75) is 0 Å². The van der Waals surface area contributed by atoms with E-state index in [1.807, 2.05) is 79.7 Å². The highest BCUT2D eigenvalue weighted by Gasteiger charge is 2.13. The van der Waals surface area contributed by atoms with Crippen LogP contribution in [0.15, 0.2) is 54.6 Å². The number of esters is 1. The van der Waals surface area contributed by atoms with Crippen molar-refractivity contribution in [3.63, 3.8) is 0 Å². The maximum absolute atomic E-state index is 12.5. The lowest BCUT2D eigenvalue weighted by atomic mass is 10.0. The predicted molar refractivity (Wildman–Crippen MR) is 96.8 cm³/mol. The highest BCUT2D eigenvalue weighted by atomic mass is 16.5. The monoisotopic (exact) mass is 325 g/mol. The highest BCUT2D eigenvalue weighted by Crippen LogP contribution is 2.21.